The first-order valence-electron chi connectivity index (χ1n) is 12.9. The van der Waals surface area contributed by atoms with Crippen LogP contribution in [0.4, 0.5) is 0 Å². The van der Waals surface area contributed by atoms with Gasteiger partial charge >= 0.3 is 5.97 Å². The molecule has 178 valence electrons. The van der Waals surface area contributed by atoms with E-state index >= 15 is 0 Å². The number of benzene rings is 1. The summed E-state index contributed by atoms with van der Waals surface area (Å²) in [7, 11) is -1.82. The van der Waals surface area contributed by atoms with Crippen LogP contribution in [0.25, 0.3) is 0 Å². The van der Waals surface area contributed by atoms with Gasteiger partial charge in [-0.25, -0.2) is 0 Å². The Morgan fingerprint density at radius 3 is 2.59 bits per heavy atom. The van der Waals surface area contributed by atoms with Crippen LogP contribution >= 0.6 is 0 Å². The van der Waals surface area contributed by atoms with Crippen molar-refractivity contribution in [1.29, 1.82) is 0 Å². The SMILES string of the molecule is CCOC(=O)CC1CCC2C3CCc4cc(O[Si](C)(C)C(C)(C)C)ccc4C3CCC12C. The fraction of sp³-hybridized carbons (Fsp3) is 0.750. The van der Waals surface area contributed by atoms with Crippen LogP contribution in [0.5, 0.6) is 5.75 Å². The molecule has 1 aromatic rings. The number of carbonyl (C=O) groups excluding carboxylic acids is 1. The maximum Gasteiger partial charge on any atom is 0.306 e. The first kappa shape index (κ1) is 23.9. The zero-order valence-electron chi connectivity index (χ0n) is 21.4. The number of carbonyl (C=O) groups is 1. The number of rotatable bonds is 5. The van der Waals surface area contributed by atoms with Crippen molar-refractivity contribution in [3.8, 4) is 5.75 Å². The number of fused-ring (bicyclic) bond motifs is 5. The minimum Gasteiger partial charge on any atom is -0.543 e. The molecule has 0 aromatic heterocycles. The molecule has 0 amide bonds. The smallest absolute Gasteiger partial charge is 0.306 e. The Morgan fingerprint density at radius 1 is 1.16 bits per heavy atom. The topological polar surface area (TPSA) is 35.5 Å². The van der Waals surface area contributed by atoms with E-state index < -0.39 is 8.32 Å². The zero-order valence-corrected chi connectivity index (χ0v) is 22.4. The van der Waals surface area contributed by atoms with Gasteiger partial charge in [0, 0.05) is 6.42 Å². The third-order valence-electron chi connectivity index (χ3n) is 9.79. The Bertz CT molecular complexity index is 855. The lowest BCUT2D eigenvalue weighted by atomic mass is 9.54. The highest BCUT2D eigenvalue weighted by molar-refractivity contribution is 6.74. The van der Waals surface area contributed by atoms with Gasteiger partial charge in [-0.05, 0) is 116 Å². The highest BCUT2D eigenvalue weighted by Crippen LogP contribution is 2.63. The Balaban J connectivity index is 1.51. The van der Waals surface area contributed by atoms with Crippen molar-refractivity contribution in [1.82, 2.24) is 0 Å². The molecular formula is C28H44O3Si. The molecule has 5 atom stereocenters. The van der Waals surface area contributed by atoms with E-state index in [0.29, 0.717) is 30.3 Å². The summed E-state index contributed by atoms with van der Waals surface area (Å²) in [6.07, 6.45) is 8.03. The Hall–Kier alpha value is -1.29. The summed E-state index contributed by atoms with van der Waals surface area (Å²) in [5, 5.41) is 0.213. The van der Waals surface area contributed by atoms with E-state index in [-0.39, 0.29) is 11.0 Å². The molecule has 0 aliphatic heterocycles. The van der Waals surface area contributed by atoms with Gasteiger partial charge in [0.05, 0.1) is 6.61 Å². The molecule has 32 heavy (non-hydrogen) atoms. The van der Waals surface area contributed by atoms with Gasteiger partial charge in [0.15, 0.2) is 0 Å². The molecule has 2 saturated carbocycles. The van der Waals surface area contributed by atoms with E-state index in [4.69, 9.17) is 9.16 Å². The predicted molar refractivity (Wildman–Crippen MR) is 134 cm³/mol. The summed E-state index contributed by atoms with van der Waals surface area (Å²) in [4.78, 5) is 12.2. The molecule has 3 aliphatic carbocycles. The quantitative estimate of drug-likeness (QED) is 0.340. The van der Waals surface area contributed by atoms with Crippen molar-refractivity contribution in [2.45, 2.75) is 104 Å². The van der Waals surface area contributed by atoms with Gasteiger partial charge < -0.3 is 9.16 Å². The monoisotopic (exact) mass is 456 g/mol. The summed E-state index contributed by atoms with van der Waals surface area (Å²) >= 11 is 0. The van der Waals surface area contributed by atoms with Crippen LogP contribution in [0.1, 0.15) is 90.2 Å². The number of esters is 1. The third kappa shape index (κ3) is 4.17. The second-order valence-corrected chi connectivity index (χ2v) is 17.2. The van der Waals surface area contributed by atoms with Crippen molar-refractivity contribution in [3.05, 3.63) is 29.3 Å². The van der Waals surface area contributed by atoms with E-state index in [1.165, 1.54) is 44.1 Å². The van der Waals surface area contributed by atoms with E-state index in [0.717, 1.165) is 17.6 Å². The maximum atomic E-state index is 12.2. The molecule has 4 rings (SSSR count). The van der Waals surface area contributed by atoms with Crippen molar-refractivity contribution in [2.24, 2.45) is 23.2 Å². The van der Waals surface area contributed by atoms with Crippen molar-refractivity contribution in [3.63, 3.8) is 0 Å². The zero-order chi connectivity index (χ0) is 23.3. The molecule has 4 heteroatoms. The average molecular weight is 457 g/mol. The molecule has 0 heterocycles. The lowest BCUT2D eigenvalue weighted by Crippen LogP contribution is -2.44. The summed E-state index contributed by atoms with van der Waals surface area (Å²) in [6.45, 7) is 16.5. The number of ether oxygens (including phenoxy) is 1. The van der Waals surface area contributed by atoms with E-state index in [1.807, 2.05) is 6.92 Å². The van der Waals surface area contributed by atoms with Gasteiger partial charge in [-0.3, -0.25) is 4.79 Å². The molecule has 0 bridgehead atoms. The highest BCUT2D eigenvalue weighted by Gasteiger charge is 2.55. The van der Waals surface area contributed by atoms with Crippen LogP contribution in [0, 0.1) is 23.2 Å². The predicted octanol–water partition coefficient (Wildman–Crippen LogP) is 7.50. The summed E-state index contributed by atoms with van der Waals surface area (Å²) in [5.41, 5.74) is 3.41. The molecule has 0 spiro atoms. The van der Waals surface area contributed by atoms with E-state index in [1.54, 1.807) is 5.56 Å². The highest BCUT2D eigenvalue weighted by atomic mass is 28.4. The van der Waals surface area contributed by atoms with Gasteiger partial charge in [0.2, 0.25) is 8.32 Å². The Kier molecular flexibility index (Phi) is 6.33. The van der Waals surface area contributed by atoms with Crippen LogP contribution in [-0.4, -0.2) is 20.9 Å². The largest absolute Gasteiger partial charge is 0.543 e. The standard InChI is InChI=1S/C28H44O3Si/c1-8-30-26(29)18-20-10-14-25-24-12-9-19-17-21(31-32(6,7)27(2,3)4)11-13-22(19)23(24)15-16-28(20,25)5/h11,13,17,20,23-25H,8-10,12,14-16,18H2,1-7H3. The molecule has 0 saturated heterocycles. The number of hydrogen-bond acceptors (Lipinski definition) is 3. The molecule has 2 fully saturated rings. The summed E-state index contributed by atoms with van der Waals surface area (Å²) in [5.74, 6) is 3.77. The minimum absolute atomic E-state index is 0.00440. The third-order valence-corrected chi connectivity index (χ3v) is 14.2. The average Bonchev–Trinajstić information content (AvgIpc) is 3.03. The van der Waals surface area contributed by atoms with Gasteiger partial charge in [0.25, 0.3) is 0 Å². The molecule has 5 unspecified atom stereocenters. The summed E-state index contributed by atoms with van der Waals surface area (Å²) in [6, 6.07) is 6.99. The van der Waals surface area contributed by atoms with E-state index in [9.17, 15) is 4.79 Å². The second kappa shape index (κ2) is 8.49. The molecule has 3 nitrogen and oxygen atoms in total. The normalized spacial score (nSPS) is 32.0. The van der Waals surface area contributed by atoms with Crippen LogP contribution in [0.2, 0.25) is 18.1 Å². The molecule has 3 aliphatic rings. The fourth-order valence-corrected chi connectivity index (χ4v) is 7.96. The second-order valence-electron chi connectivity index (χ2n) is 12.5. The molecule has 0 radical (unpaired) electrons. The first-order valence-corrected chi connectivity index (χ1v) is 15.8. The van der Waals surface area contributed by atoms with Crippen LogP contribution in [-0.2, 0) is 16.0 Å². The minimum atomic E-state index is -1.82. The Morgan fingerprint density at radius 2 is 1.91 bits per heavy atom. The molecular weight excluding hydrogens is 412 g/mol. The van der Waals surface area contributed by atoms with Gasteiger partial charge in [-0.1, -0.05) is 33.8 Å². The Labute approximate surface area is 196 Å². The molecule has 1 aromatic carbocycles. The van der Waals surface area contributed by atoms with Crippen LogP contribution in [0.3, 0.4) is 0 Å². The number of aryl methyl sites for hydroxylation is 1. The van der Waals surface area contributed by atoms with E-state index in [2.05, 4.69) is 59.0 Å². The van der Waals surface area contributed by atoms with Crippen LogP contribution in [0.15, 0.2) is 18.2 Å². The van der Waals surface area contributed by atoms with Gasteiger partial charge in [-0.15, -0.1) is 0 Å². The van der Waals surface area contributed by atoms with Crippen molar-refractivity contribution >= 4 is 14.3 Å². The van der Waals surface area contributed by atoms with Crippen molar-refractivity contribution in [2.75, 3.05) is 6.61 Å². The summed E-state index contributed by atoms with van der Waals surface area (Å²) < 4.78 is 11.9. The van der Waals surface area contributed by atoms with Gasteiger partial charge in [-0.2, -0.15) is 0 Å². The fourth-order valence-electron chi connectivity index (χ4n) is 6.94. The van der Waals surface area contributed by atoms with Crippen LogP contribution < -0.4 is 4.43 Å². The maximum absolute atomic E-state index is 12.2. The van der Waals surface area contributed by atoms with Gasteiger partial charge in [0.1, 0.15) is 5.75 Å². The molecule has 0 N–H and O–H groups in total. The first-order chi connectivity index (χ1) is 15.0. The van der Waals surface area contributed by atoms with Crippen molar-refractivity contribution < 1.29 is 14.0 Å². The lowest BCUT2D eigenvalue weighted by Gasteiger charge is -2.51. The lowest BCUT2D eigenvalue weighted by molar-refractivity contribution is -0.145. The number of hydrogen-bond donors (Lipinski definition) is 0.